The van der Waals surface area contributed by atoms with E-state index >= 15 is 0 Å². The van der Waals surface area contributed by atoms with Crippen molar-refractivity contribution in [1.29, 1.82) is 5.26 Å². The zero-order chi connectivity index (χ0) is 17.9. The Hall–Kier alpha value is -2.87. The largest absolute Gasteiger partial charge is 0.370 e. The first kappa shape index (κ1) is 16.6. The minimum atomic E-state index is 0.258. The standard InChI is InChI=1S/C21H22N4O/c22-14-18-5-6-19(15-23-18)24-10-7-16(8-11-24)13-21(26)25-12-9-17-3-1-2-4-20(17)25/h1-6,15-16H,7-13H2. The van der Waals surface area contributed by atoms with Crippen molar-refractivity contribution in [3.8, 4) is 6.07 Å². The summed E-state index contributed by atoms with van der Waals surface area (Å²) < 4.78 is 0. The first-order chi connectivity index (χ1) is 12.7. The Morgan fingerprint density at radius 3 is 2.69 bits per heavy atom. The smallest absolute Gasteiger partial charge is 0.227 e. The highest BCUT2D eigenvalue weighted by atomic mass is 16.2. The van der Waals surface area contributed by atoms with Gasteiger partial charge in [0.05, 0.1) is 11.9 Å². The summed E-state index contributed by atoms with van der Waals surface area (Å²) in [6.07, 6.45) is 5.40. The van der Waals surface area contributed by atoms with Gasteiger partial charge < -0.3 is 9.80 Å². The van der Waals surface area contributed by atoms with Gasteiger partial charge in [-0.25, -0.2) is 4.98 Å². The fourth-order valence-electron chi connectivity index (χ4n) is 3.99. The summed E-state index contributed by atoms with van der Waals surface area (Å²) >= 11 is 0. The number of carbonyl (C=O) groups is 1. The number of fused-ring (bicyclic) bond motifs is 1. The normalized spacial score (nSPS) is 17.0. The molecule has 1 saturated heterocycles. The molecule has 1 amide bonds. The van der Waals surface area contributed by atoms with Crippen LogP contribution in [0.4, 0.5) is 11.4 Å². The van der Waals surface area contributed by atoms with Crippen LogP contribution in [0.5, 0.6) is 0 Å². The molecule has 5 nitrogen and oxygen atoms in total. The van der Waals surface area contributed by atoms with Crippen LogP contribution in [0, 0.1) is 17.2 Å². The molecule has 2 aliphatic heterocycles. The minimum Gasteiger partial charge on any atom is -0.370 e. The third-order valence-corrected chi connectivity index (χ3v) is 5.49. The van der Waals surface area contributed by atoms with Crippen LogP contribution in [0.15, 0.2) is 42.6 Å². The predicted octanol–water partition coefficient (Wildman–Crippen LogP) is 3.15. The molecule has 0 unspecified atom stereocenters. The Morgan fingerprint density at radius 1 is 1.15 bits per heavy atom. The molecule has 1 aromatic carbocycles. The Kier molecular flexibility index (Phi) is 4.57. The molecule has 132 valence electrons. The predicted molar refractivity (Wildman–Crippen MR) is 101 cm³/mol. The number of pyridine rings is 1. The van der Waals surface area contributed by atoms with Crippen molar-refractivity contribution >= 4 is 17.3 Å². The van der Waals surface area contributed by atoms with Crippen LogP contribution in [-0.2, 0) is 11.2 Å². The van der Waals surface area contributed by atoms with Crippen LogP contribution in [0.3, 0.4) is 0 Å². The summed E-state index contributed by atoms with van der Waals surface area (Å²) in [5.74, 6) is 0.700. The Balaban J connectivity index is 1.33. The molecule has 3 heterocycles. The van der Waals surface area contributed by atoms with E-state index in [1.54, 1.807) is 12.3 Å². The summed E-state index contributed by atoms with van der Waals surface area (Å²) in [7, 11) is 0. The lowest BCUT2D eigenvalue weighted by Gasteiger charge is -2.33. The molecular weight excluding hydrogens is 324 g/mol. The molecule has 0 N–H and O–H groups in total. The lowest BCUT2D eigenvalue weighted by atomic mass is 9.92. The molecule has 2 aromatic rings. The summed E-state index contributed by atoms with van der Waals surface area (Å²) in [4.78, 5) is 21.2. The van der Waals surface area contributed by atoms with E-state index < -0.39 is 0 Å². The van der Waals surface area contributed by atoms with Crippen LogP contribution < -0.4 is 9.80 Å². The molecule has 0 bridgehead atoms. The Bertz CT molecular complexity index is 832. The second-order valence-electron chi connectivity index (χ2n) is 7.07. The average Bonchev–Trinajstić information content (AvgIpc) is 3.13. The van der Waals surface area contributed by atoms with Gasteiger partial charge in [-0.2, -0.15) is 5.26 Å². The van der Waals surface area contributed by atoms with Crippen molar-refractivity contribution in [2.24, 2.45) is 5.92 Å². The monoisotopic (exact) mass is 346 g/mol. The fourth-order valence-corrected chi connectivity index (χ4v) is 3.99. The van der Waals surface area contributed by atoms with E-state index in [1.807, 2.05) is 29.2 Å². The van der Waals surface area contributed by atoms with Gasteiger partial charge in [-0.1, -0.05) is 18.2 Å². The van der Waals surface area contributed by atoms with E-state index in [-0.39, 0.29) is 5.91 Å². The van der Waals surface area contributed by atoms with Gasteiger partial charge in [0, 0.05) is 31.7 Å². The number of benzene rings is 1. The topological polar surface area (TPSA) is 60.2 Å². The van der Waals surface area contributed by atoms with Crippen LogP contribution >= 0.6 is 0 Å². The number of nitriles is 1. The zero-order valence-electron chi connectivity index (χ0n) is 14.8. The van der Waals surface area contributed by atoms with Crippen molar-refractivity contribution in [2.75, 3.05) is 29.4 Å². The maximum Gasteiger partial charge on any atom is 0.227 e. The van der Waals surface area contributed by atoms with Gasteiger partial charge >= 0.3 is 0 Å². The van der Waals surface area contributed by atoms with E-state index in [0.717, 1.165) is 50.3 Å². The third kappa shape index (κ3) is 3.28. The van der Waals surface area contributed by atoms with Gasteiger partial charge in [0.15, 0.2) is 0 Å². The van der Waals surface area contributed by atoms with E-state index in [0.29, 0.717) is 18.0 Å². The van der Waals surface area contributed by atoms with E-state index in [4.69, 9.17) is 5.26 Å². The van der Waals surface area contributed by atoms with Crippen molar-refractivity contribution in [1.82, 2.24) is 4.98 Å². The molecule has 1 fully saturated rings. The fraction of sp³-hybridized carbons (Fsp3) is 0.381. The van der Waals surface area contributed by atoms with Crippen LogP contribution in [0.25, 0.3) is 0 Å². The SMILES string of the molecule is N#Cc1ccc(N2CCC(CC(=O)N3CCc4ccccc43)CC2)cn1. The number of nitrogens with zero attached hydrogens (tertiary/aromatic N) is 4. The summed E-state index contributed by atoms with van der Waals surface area (Å²) in [5, 5.41) is 8.85. The summed E-state index contributed by atoms with van der Waals surface area (Å²) in [6, 6.07) is 14.0. The number of aromatic nitrogens is 1. The average molecular weight is 346 g/mol. The van der Waals surface area contributed by atoms with Gasteiger partial charge in [-0.15, -0.1) is 0 Å². The molecule has 2 aliphatic rings. The number of hydrogen-bond acceptors (Lipinski definition) is 4. The lowest BCUT2D eigenvalue weighted by Crippen LogP contribution is -2.37. The van der Waals surface area contributed by atoms with Crippen LogP contribution in [0.2, 0.25) is 0 Å². The highest BCUT2D eigenvalue weighted by Gasteiger charge is 2.28. The first-order valence-electron chi connectivity index (χ1n) is 9.24. The number of rotatable bonds is 3. The lowest BCUT2D eigenvalue weighted by molar-refractivity contribution is -0.119. The molecule has 0 atom stereocenters. The maximum absolute atomic E-state index is 12.8. The van der Waals surface area contributed by atoms with Gasteiger partial charge in [-0.3, -0.25) is 4.79 Å². The number of amides is 1. The van der Waals surface area contributed by atoms with Crippen molar-refractivity contribution in [3.05, 3.63) is 53.9 Å². The minimum absolute atomic E-state index is 0.258. The quantitative estimate of drug-likeness (QED) is 0.856. The van der Waals surface area contributed by atoms with Crippen LogP contribution in [0.1, 0.15) is 30.5 Å². The second kappa shape index (κ2) is 7.17. The zero-order valence-corrected chi connectivity index (χ0v) is 14.8. The molecular formula is C21H22N4O. The molecule has 1 aromatic heterocycles. The van der Waals surface area contributed by atoms with Gasteiger partial charge in [0.2, 0.25) is 5.91 Å². The Morgan fingerprint density at radius 2 is 1.96 bits per heavy atom. The number of hydrogen-bond donors (Lipinski definition) is 0. The molecule has 26 heavy (non-hydrogen) atoms. The number of para-hydroxylation sites is 1. The van der Waals surface area contributed by atoms with E-state index in [9.17, 15) is 4.79 Å². The van der Waals surface area contributed by atoms with Gasteiger partial charge in [0.1, 0.15) is 11.8 Å². The maximum atomic E-state index is 12.8. The van der Waals surface area contributed by atoms with Crippen LogP contribution in [-0.4, -0.2) is 30.5 Å². The molecule has 0 aliphatic carbocycles. The molecule has 0 spiro atoms. The number of anilines is 2. The Labute approximate surface area is 153 Å². The molecule has 5 heteroatoms. The molecule has 0 radical (unpaired) electrons. The summed E-state index contributed by atoms with van der Waals surface area (Å²) in [6.45, 7) is 2.68. The van der Waals surface area contributed by atoms with E-state index in [2.05, 4.69) is 22.0 Å². The third-order valence-electron chi connectivity index (χ3n) is 5.49. The first-order valence-corrected chi connectivity index (χ1v) is 9.24. The van der Waals surface area contributed by atoms with Crippen molar-refractivity contribution < 1.29 is 4.79 Å². The van der Waals surface area contributed by atoms with E-state index in [1.165, 1.54) is 5.56 Å². The highest BCUT2D eigenvalue weighted by Crippen LogP contribution is 2.30. The van der Waals surface area contributed by atoms with Gasteiger partial charge in [0.25, 0.3) is 0 Å². The number of piperidine rings is 1. The summed E-state index contributed by atoms with van der Waals surface area (Å²) in [5.41, 5.74) is 3.88. The van der Waals surface area contributed by atoms with Crippen molar-refractivity contribution in [2.45, 2.75) is 25.7 Å². The molecule has 0 saturated carbocycles. The second-order valence-corrected chi connectivity index (χ2v) is 7.07. The highest BCUT2D eigenvalue weighted by molar-refractivity contribution is 5.95. The van der Waals surface area contributed by atoms with Crippen molar-refractivity contribution in [3.63, 3.8) is 0 Å². The van der Waals surface area contributed by atoms with Gasteiger partial charge in [-0.05, 0) is 48.9 Å². The number of carbonyl (C=O) groups excluding carboxylic acids is 1. The molecule has 4 rings (SSSR count).